The van der Waals surface area contributed by atoms with Gasteiger partial charge in [-0.25, -0.2) is 9.97 Å². The Balaban J connectivity index is 1.17. The molecule has 3 nitrogen and oxygen atoms in total. The molecule has 0 radical (unpaired) electrons. The van der Waals surface area contributed by atoms with Crippen molar-refractivity contribution < 1.29 is 0 Å². The molecule has 2 heterocycles. The van der Waals surface area contributed by atoms with Crippen LogP contribution in [0.3, 0.4) is 0 Å². The van der Waals surface area contributed by atoms with Gasteiger partial charge in [-0.15, -0.1) is 0 Å². The van der Waals surface area contributed by atoms with Crippen LogP contribution in [-0.2, 0) is 5.41 Å². The lowest BCUT2D eigenvalue weighted by atomic mass is 9.72. The lowest BCUT2D eigenvalue weighted by Crippen LogP contribution is -2.28. The summed E-state index contributed by atoms with van der Waals surface area (Å²) >= 11 is 0. The number of allylic oxidation sites excluding steroid dienone is 3. The third kappa shape index (κ3) is 5.10. The zero-order valence-corrected chi connectivity index (χ0v) is 29.7. The van der Waals surface area contributed by atoms with E-state index in [0.717, 1.165) is 41.3 Å². The second-order valence-electron chi connectivity index (χ2n) is 14.6. The smallest absolute Gasteiger partial charge is 0.162 e. The highest BCUT2D eigenvalue weighted by Gasteiger charge is 2.45. The molecule has 0 N–H and O–H groups in total. The van der Waals surface area contributed by atoms with Crippen LogP contribution < -0.4 is 4.90 Å². The van der Waals surface area contributed by atoms with E-state index in [0.29, 0.717) is 0 Å². The second kappa shape index (κ2) is 12.7. The molecule has 1 aromatic heterocycles. The highest BCUT2D eigenvalue weighted by Crippen LogP contribution is 2.56. The minimum Gasteiger partial charge on any atom is -0.321 e. The molecule has 2 unspecified atom stereocenters. The number of benzene rings is 6. The van der Waals surface area contributed by atoms with E-state index in [2.05, 4.69) is 188 Å². The molecule has 254 valence electrons. The first-order valence-electron chi connectivity index (χ1n) is 18.7. The molecule has 1 aliphatic heterocycles. The van der Waals surface area contributed by atoms with Gasteiger partial charge in [0.2, 0.25) is 0 Å². The largest absolute Gasteiger partial charge is 0.321 e. The van der Waals surface area contributed by atoms with Gasteiger partial charge < -0.3 is 4.90 Å². The fraction of sp³-hybridized carbons (Fsp3) is 0.120. The molecule has 0 bridgehead atoms. The van der Waals surface area contributed by atoms with Crippen LogP contribution in [0.25, 0.3) is 33.8 Å². The van der Waals surface area contributed by atoms with Gasteiger partial charge in [-0.3, -0.25) is 0 Å². The van der Waals surface area contributed by atoms with Gasteiger partial charge in [0.05, 0.1) is 11.7 Å². The van der Waals surface area contributed by atoms with Crippen LogP contribution in [0.1, 0.15) is 59.5 Å². The van der Waals surface area contributed by atoms with Crippen molar-refractivity contribution in [3.05, 3.63) is 221 Å². The lowest BCUT2D eigenvalue weighted by molar-refractivity contribution is 0.632. The SMILES string of the molecule is CC1(c2cccc(C3C4=C(CCC=C4)N(c4cc(-c5ccccc5)nc(-c5ccccc5)n4)C3c3ccccc3)c2)c2ccccc2-c2ccccc21. The number of aromatic nitrogens is 2. The van der Waals surface area contributed by atoms with E-state index in [-0.39, 0.29) is 17.4 Å². The molecule has 0 saturated carbocycles. The Labute approximate surface area is 311 Å². The fourth-order valence-electron chi connectivity index (χ4n) is 9.17. The summed E-state index contributed by atoms with van der Waals surface area (Å²) in [7, 11) is 0. The van der Waals surface area contributed by atoms with Crippen molar-refractivity contribution in [3.8, 4) is 33.8 Å². The van der Waals surface area contributed by atoms with Gasteiger partial charge in [0, 0.05) is 34.2 Å². The number of hydrogen-bond donors (Lipinski definition) is 0. The van der Waals surface area contributed by atoms with Crippen LogP contribution in [0.15, 0.2) is 193 Å². The number of hydrogen-bond acceptors (Lipinski definition) is 3. The van der Waals surface area contributed by atoms with Crippen molar-refractivity contribution in [1.82, 2.24) is 9.97 Å². The Morgan fingerprint density at radius 1 is 0.585 bits per heavy atom. The Morgan fingerprint density at radius 2 is 1.19 bits per heavy atom. The minimum atomic E-state index is -0.273. The monoisotopic (exact) mass is 681 g/mol. The molecular weight excluding hydrogens is 643 g/mol. The van der Waals surface area contributed by atoms with Crippen LogP contribution in [0, 0.1) is 0 Å². The van der Waals surface area contributed by atoms with Crippen LogP contribution in [0.5, 0.6) is 0 Å². The standard InChI is InChI=1S/C50H39N3/c1-50(42-29-14-11-26-39(42)40-27-12-15-30-43(40)50)38-25-17-24-37(32-38)47-41-28-13-16-31-45(41)53(48(47)35-20-7-3-8-21-35)46-33-44(34-18-5-2-6-19-34)51-49(52-46)36-22-9-4-10-23-36/h2-15,17-30,32-33,47-48H,16,31H2,1H3. The zero-order valence-electron chi connectivity index (χ0n) is 29.7. The Hall–Kier alpha value is -6.32. The first-order valence-corrected chi connectivity index (χ1v) is 18.7. The average Bonchev–Trinajstić information content (AvgIpc) is 3.73. The average molecular weight is 682 g/mol. The predicted molar refractivity (Wildman–Crippen MR) is 217 cm³/mol. The van der Waals surface area contributed by atoms with E-state index in [1.807, 2.05) is 6.07 Å². The number of nitrogens with zero attached hydrogens (tertiary/aromatic N) is 3. The van der Waals surface area contributed by atoms with E-state index in [1.165, 1.54) is 50.2 Å². The molecule has 0 saturated heterocycles. The molecule has 3 aliphatic rings. The van der Waals surface area contributed by atoms with Crippen LogP contribution in [-0.4, -0.2) is 9.97 Å². The van der Waals surface area contributed by atoms with Gasteiger partial charge in [-0.2, -0.15) is 0 Å². The molecule has 6 aromatic carbocycles. The van der Waals surface area contributed by atoms with Crippen molar-refractivity contribution in [3.63, 3.8) is 0 Å². The summed E-state index contributed by atoms with van der Waals surface area (Å²) < 4.78 is 0. The topological polar surface area (TPSA) is 29.0 Å². The van der Waals surface area contributed by atoms with E-state index >= 15 is 0 Å². The maximum Gasteiger partial charge on any atom is 0.162 e. The number of rotatable bonds is 6. The summed E-state index contributed by atoms with van der Waals surface area (Å²) in [6.07, 6.45) is 6.70. The second-order valence-corrected chi connectivity index (χ2v) is 14.6. The van der Waals surface area contributed by atoms with Crippen LogP contribution in [0.4, 0.5) is 5.82 Å². The molecule has 7 aromatic rings. The number of anilines is 1. The molecule has 0 spiro atoms. The fourth-order valence-corrected chi connectivity index (χ4v) is 9.17. The van der Waals surface area contributed by atoms with Crippen molar-refractivity contribution in [2.75, 3.05) is 4.90 Å². The number of fused-ring (bicyclic) bond motifs is 3. The van der Waals surface area contributed by atoms with Crippen LogP contribution in [0.2, 0.25) is 0 Å². The third-order valence-electron chi connectivity index (χ3n) is 11.6. The van der Waals surface area contributed by atoms with E-state index in [4.69, 9.17) is 9.97 Å². The van der Waals surface area contributed by atoms with Gasteiger partial charge in [0.15, 0.2) is 5.82 Å². The third-order valence-corrected chi connectivity index (χ3v) is 11.6. The van der Waals surface area contributed by atoms with Crippen LogP contribution >= 0.6 is 0 Å². The van der Waals surface area contributed by atoms with Gasteiger partial charge in [-0.05, 0) is 64.3 Å². The quantitative estimate of drug-likeness (QED) is 0.175. The summed E-state index contributed by atoms with van der Waals surface area (Å²) in [6.45, 7) is 2.41. The molecule has 3 heteroatoms. The zero-order chi connectivity index (χ0) is 35.4. The van der Waals surface area contributed by atoms with E-state index in [1.54, 1.807) is 0 Å². The van der Waals surface area contributed by atoms with Gasteiger partial charge in [-0.1, -0.05) is 176 Å². The summed E-state index contributed by atoms with van der Waals surface area (Å²) in [6, 6.07) is 61.5. The predicted octanol–water partition coefficient (Wildman–Crippen LogP) is 12.1. The minimum absolute atomic E-state index is 0.00250. The first kappa shape index (κ1) is 31.4. The van der Waals surface area contributed by atoms with Crippen molar-refractivity contribution in [2.24, 2.45) is 0 Å². The van der Waals surface area contributed by atoms with Gasteiger partial charge >= 0.3 is 0 Å². The molecule has 2 aliphatic carbocycles. The molecule has 53 heavy (non-hydrogen) atoms. The molecule has 10 rings (SSSR count). The van der Waals surface area contributed by atoms with Gasteiger partial charge in [0.1, 0.15) is 5.82 Å². The maximum atomic E-state index is 5.40. The lowest BCUT2D eigenvalue weighted by Gasteiger charge is -2.34. The maximum absolute atomic E-state index is 5.40. The summed E-state index contributed by atoms with van der Waals surface area (Å²) in [5.74, 6) is 1.76. The Kier molecular flexibility index (Phi) is 7.54. The van der Waals surface area contributed by atoms with Crippen molar-refractivity contribution in [2.45, 2.75) is 37.1 Å². The van der Waals surface area contributed by atoms with Crippen molar-refractivity contribution in [1.29, 1.82) is 0 Å². The highest BCUT2D eigenvalue weighted by atomic mass is 15.3. The molecule has 0 fully saturated rings. The first-order chi connectivity index (χ1) is 26.2. The molecular formula is C50H39N3. The normalized spacial score (nSPS) is 18.1. The Morgan fingerprint density at radius 3 is 1.89 bits per heavy atom. The van der Waals surface area contributed by atoms with Crippen molar-refractivity contribution >= 4 is 5.82 Å². The van der Waals surface area contributed by atoms with E-state index in [9.17, 15) is 0 Å². The highest BCUT2D eigenvalue weighted by molar-refractivity contribution is 5.83. The molecule has 2 atom stereocenters. The summed E-state index contributed by atoms with van der Waals surface area (Å²) in [5.41, 5.74) is 14.8. The summed E-state index contributed by atoms with van der Waals surface area (Å²) in [5, 5.41) is 0. The summed E-state index contributed by atoms with van der Waals surface area (Å²) in [4.78, 5) is 13.1. The van der Waals surface area contributed by atoms with E-state index < -0.39 is 0 Å². The molecule has 0 amide bonds. The van der Waals surface area contributed by atoms with Gasteiger partial charge in [0.25, 0.3) is 0 Å². The Bertz CT molecular complexity index is 2430.